The number of hydrogen-bond donors (Lipinski definition) is 1. The number of thiophene rings is 1. The smallest absolute Gasteiger partial charge is 0.255 e. The highest BCUT2D eigenvalue weighted by atomic mass is 32.1. The van der Waals surface area contributed by atoms with E-state index < -0.39 is 5.41 Å². The van der Waals surface area contributed by atoms with E-state index in [1.807, 2.05) is 41.6 Å². The van der Waals surface area contributed by atoms with Gasteiger partial charge in [-0.3, -0.25) is 14.9 Å². The molecule has 5 rings (SSSR count). The zero-order valence-corrected chi connectivity index (χ0v) is 17.8. The second kappa shape index (κ2) is 7.06. The fraction of sp³-hybridized carbons (Fsp3) is 0.391. The minimum absolute atomic E-state index is 0.0700. The Balaban J connectivity index is 1.44. The van der Waals surface area contributed by atoms with Gasteiger partial charge in [-0.1, -0.05) is 13.0 Å². The van der Waals surface area contributed by atoms with Crippen LogP contribution in [0.15, 0.2) is 42.2 Å². The number of hydrogen-bond acceptors (Lipinski definition) is 5. The molecule has 2 aliphatic rings. The maximum absolute atomic E-state index is 13.4. The number of nitriles is 1. The van der Waals surface area contributed by atoms with Gasteiger partial charge < -0.3 is 4.90 Å². The second-order valence-electron chi connectivity index (χ2n) is 8.38. The van der Waals surface area contributed by atoms with E-state index in [0.29, 0.717) is 12.3 Å². The molecule has 1 aliphatic heterocycles. The first-order chi connectivity index (χ1) is 14.6. The first kappa shape index (κ1) is 19.0. The number of aromatic nitrogens is 3. The van der Waals surface area contributed by atoms with Crippen LogP contribution in [0.1, 0.15) is 47.8 Å². The molecule has 30 heavy (non-hydrogen) atoms. The predicted octanol–water partition coefficient (Wildman–Crippen LogP) is 4.32. The lowest BCUT2D eigenvalue weighted by molar-refractivity contribution is -0.0205. The molecular weight excluding hydrogens is 394 g/mol. The Hall–Kier alpha value is -2.98. The Bertz CT molecular complexity index is 1130. The summed E-state index contributed by atoms with van der Waals surface area (Å²) >= 11 is 1.55. The number of H-pyrrole nitrogens is 1. The Labute approximate surface area is 179 Å². The van der Waals surface area contributed by atoms with Crippen LogP contribution >= 0.6 is 11.3 Å². The van der Waals surface area contributed by atoms with Gasteiger partial charge in [0.2, 0.25) is 0 Å². The molecule has 0 bridgehead atoms. The highest BCUT2D eigenvalue weighted by Crippen LogP contribution is 2.55. The molecule has 6 nitrogen and oxygen atoms in total. The van der Waals surface area contributed by atoms with Crippen molar-refractivity contribution in [3.05, 3.63) is 59.0 Å². The summed E-state index contributed by atoms with van der Waals surface area (Å²) in [5, 5.41) is 18.9. The highest BCUT2D eigenvalue weighted by Gasteiger charge is 2.61. The number of amides is 1. The summed E-state index contributed by atoms with van der Waals surface area (Å²) in [7, 11) is 0. The average Bonchev–Trinajstić information content (AvgIpc) is 3.49. The number of pyridine rings is 1. The zero-order chi connectivity index (χ0) is 20.9. The lowest BCUT2D eigenvalue weighted by Crippen LogP contribution is -2.63. The van der Waals surface area contributed by atoms with Gasteiger partial charge in [-0.05, 0) is 43.9 Å². The third-order valence-electron chi connectivity index (χ3n) is 6.80. The SMILES string of the molecule is CCC1C2CC(C#N)(c3ncccc3C)CC2N1C(=O)c1csc(-c2cn[nH]c2)c1. The van der Waals surface area contributed by atoms with Crippen LogP contribution in [0.2, 0.25) is 0 Å². The van der Waals surface area contributed by atoms with Crippen LogP contribution in [-0.2, 0) is 5.41 Å². The number of nitrogens with zero attached hydrogens (tertiary/aromatic N) is 4. The second-order valence-corrected chi connectivity index (χ2v) is 9.29. The summed E-state index contributed by atoms with van der Waals surface area (Å²) in [6.07, 6.45) is 7.70. The topological polar surface area (TPSA) is 85.7 Å². The van der Waals surface area contributed by atoms with Crippen LogP contribution in [0.4, 0.5) is 0 Å². The van der Waals surface area contributed by atoms with E-state index >= 15 is 0 Å². The molecule has 2 fully saturated rings. The number of aromatic amines is 1. The van der Waals surface area contributed by atoms with Gasteiger partial charge in [0.25, 0.3) is 5.91 Å². The molecule has 1 saturated carbocycles. The predicted molar refractivity (Wildman–Crippen MR) is 115 cm³/mol. The molecule has 4 atom stereocenters. The van der Waals surface area contributed by atoms with Gasteiger partial charge in [0, 0.05) is 46.2 Å². The van der Waals surface area contributed by atoms with Gasteiger partial charge in [-0.25, -0.2) is 0 Å². The molecule has 1 N–H and O–H groups in total. The number of carbonyl (C=O) groups is 1. The van der Waals surface area contributed by atoms with Crippen molar-refractivity contribution in [1.82, 2.24) is 20.1 Å². The van der Waals surface area contributed by atoms with Gasteiger partial charge in [0.15, 0.2) is 0 Å². The van der Waals surface area contributed by atoms with Crippen molar-refractivity contribution < 1.29 is 4.79 Å². The summed E-state index contributed by atoms with van der Waals surface area (Å²) in [5.74, 6) is 0.424. The third kappa shape index (κ3) is 2.71. The molecule has 3 aromatic rings. The molecule has 4 unspecified atom stereocenters. The maximum atomic E-state index is 13.4. The van der Waals surface area contributed by atoms with Crippen molar-refractivity contribution in [3.63, 3.8) is 0 Å². The van der Waals surface area contributed by atoms with Crippen LogP contribution in [-0.4, -0.2) is 38.1 Å². The maximum Gasteiger partial charge on any atom is 0.255 e. The summed E-state index contributed by atoms with van der Waals surface area (Å²) in [4.78, 5) is 21.1. The van der Waals surface area contributed by atoms with Gasteiger partial charge >= 0.3 is 0 Å². The molecule has 1 amide bonds. The molecule has 1 aliphatic carbocycles. The monoisotopic (exact) mass is 417 g/mol. The fourth-order valence-electron chi connectivity index (χ4n) is 5.44. The van der Waals surface area contributed by atoms with Crippen molar-refractivity contribution in [2.24, 2.45) is 5.92 Å². The van der Waals surface area contributed by atoms with Gasteiger partial charge in [-0.2, -0.15) is 10.4 Å². The normalized spacial score (nSPS) is 27.4. The van der Waals surface area contributed by atoms with E-state index in [9.17, 15) is 10.1 Å². The van der Waals surface area contributed by atoms with E-state index in [2.05, 4.69) is 28.2 Å². The van der Waals surface area contributed by atoms with Crippen molar-refractivity contribution in [2.75, 3.05) is 0 Å². The minimum Gasteiger partial charge on any atom is -0.332 e. The molecule has 0 aromatic carbocycles. The molecule has 152 valence electrons. The number of carbonyl (C=O) groups excluding carboxylic acids is 1. The van der Waals surface area contributed by atoms with Crippen LogP contribution < -0.4 is 0 Å². The lowest BCUT2D eigenvalue weighted by Gasteiger charge is -2.52. The molecule has 1 saturated heterocycles. The highest BCUT2D eigenvalue weighted by molar-refractivity contribution is 7.13. The van der Waals surface area contributed by atoms with Crippen LogP contribution in [0.25, 0.3) is 10.4 Å². The van der Waals surface area contributed by atoms with Crippen molar-refractivity contribution in [3.8, 4) is 16.5 Å². The van der Waals surface area contributed by atoms with Crippen molar-refractivity contribution >= 4 is 17.2 Å². The molecule has 3 aromatic heterocycles. The third-order valence-corrected chi connectivity index (χ3v) is 7.78. The molecule has 7 heteroatoms. The summed E-state index contributed by atoms with van der Waals surface area (Å²) < 4.78 is 0. The quantitative estimate of drug-likeness (QED) is 0.685. The summed E-state index contributed by atoms with van der Waals surface area (Å²) in [6, 6.07) is 8.75. The minimum atomic E-state index is -0.611. The van der Waals surface area contributed by atoms with Crippen LogP contribution in [0, 0.1) is 24.2 Å². The summed E-state index contributed by atoms with van der Waals surface area (Å²) in [6.45, 7) is 4.15. The van der Waals surface area contributed by atoms with E-state index in [0.717, 1.165) is 40.1 Å². The van der Waals surface area contributed by atoms with Crippen molar-refractivity contribution in [1.29, 1.82) is 5.26 Å². The van der Waals surface area contributed by atoms with Crippen LogP contribution in [0.5, 0.6) is 0 Å². The largest absolute Gasteiger partial charge is 0.332 e. The number of rotatable bonds is 4. The number of fused-ring (bicyclic) bond motifs is 1. The fourth-order valence-corrected chi connectivity index (χ4v) is 6.30. The van der Waals surface area contributed by atoms with E-state index in [4.69, 9.17) is 0 Å². The standard InChI is InChI=1S/C23H23N5OS/c1-3-18-17-8-23(13-24,21-14(2)5-4-6-25-21)9-19(17)28(18)22(29)15-7-20(30-12-15)16-10-26-27-11-16/h4-7,10-12,17-19H,3,8-9H2,1-2H3,(H,26,27). The van der Waals surface area contributed by atoms with E-state index in [1.165, 1.54) is 0 Å². The lowest BCUT2D eigenvalue weighted by atomic mass is 9.78. The molecular formula is C23H23N5OS. The summed E-state index contributed by atoms with van der Waals surface area (Å²) in [5.41, 5.74) is 3.02. The first-order valence-electron chi connectivity index (χ1n) is 10.3. The Morgan fingerprint density at radius 1 is 1.47 bits per heavy atom. The van der Waals surface area contributed by atoms with E-state index in [1.54, 1.807) is 23.7 Å². The van der Waals surface area contributed by atoms with Crippen molar-refractivity contribution in [2.45, 2.75) is 50.6 Å². The van der Waals surface area contributed by atoms with E-state index in [-0.39, 0.29) is 18.0 Å². The number of nitrogens with one attached hydrogen (secondary N) is 1. The van der Waals surface area contributed by atoms with Gasteiger partial charge in [-0.15, -0.1) is 11.3 Å². The van der Waals surface area contributed by atoms with Gasteiger partial charge in [0.1, 0.15) is 5.41 Å². The van der Waals surface area contributed by atoms with Gasteiger partial charge in [0.05, 0.1) is 23.5 Å². The number of likely N-dealkylation sites (tertiary alicyclic amines) is 1. The Morgan fingerprint density at radius 2 is 2.33 bits per heavy atom. The Kier molecular flexibility index (Phi) is 4.48. The average molecular weight is 418 g/mol. The first-order valence-corrected chi connectivity index (χ1v) is 11.2. The zero-order valence-electron chi connectivity index (χ0n) is 17.0. The molecule has 0 radical (unpaired) electrons. The van der Waals surface area contributed by atoms with Crippen LogP contribution in [0.3, 0.4) is 0 Å². The molecule has 0 spiro atoms. The Morgan fingerprint density at radius 3 is 3.03 bits per heavy atom. The number of aryl methyl sites for hydroxylation is 1. The molecule has 4 heterocycles.